The van der Waals surface area contributed by atoms with Crippen LogP contribution in [0.25, 0.3) is 10.9 Å². The Morgan fingerprint density at radius 1 is 0.844 bits per heavy atom. The van der Waals surface area contributed by atoms with Crippen molar-refractivity contribution in [2.45, 2.75) is 89.8 Å². The third kappa shape index (κ3) is 5.18. The van der Waals surface area contributed by atoms with Crippen LogP contribution in [0.3, 0.4) is 0 Å². The SMILES string of the molecule is Cc1ccc2c(c1)c1c(n2Cc2ccccc2)[C@@H](CC23CC4CC(CC(C4)C2)C3)N(C(=O)CCc2ccccc2)[C@H](C(=O)O)C1. The predicted octanol–water partition coefficient (Wildman–Crippen LogP) is 8.12. The Labute approximate surface area is 266 Å². The van der Waals surface area contributed by atoms with Crippen LogP contribution in [0.15, 0.2) is 78.9 Å². The molecule has 4 bridgehead atoms. The lowest BCUT2D eigenvalue weighted by Gasteiger charge is -2.58. The van der Waals surface area contributed by atoms with E-state index in [1.165, 1.54) is 55.3 Å². The molecule has 1 aromatic heterocycles. The number of carbonyl (C=O) groups excluding carboxylic acids is 1. The van der Waals surface area contributed by atoms with Crippen LogP contribution >= 0.6 is 0 Å². The molecular weight excluding hydrogens is 556 g/mol. The molecule has 9 rings (SSSR count). The molecule has 4 aromatic rings. The average molecular weight is 601 g/mol. The first kappa shape index (κ1) is 28.6. The topological polar surface area (TPSA) is 62.5 Å². The Morgan fingerprint density at radius 2 is 1.47 bits per heavy atom. The van der Waals surface area contributed by atoms with Crippen molar-refractivity contribution < 1.29 is 14.7 Å². The minimum atomic E-state index is -0.888. The van der Waals surface area contributed by atoms with Gasteiger partial charge < -0.3 is 14.6 Å². The maximum absolute atomic E-state index is 14.5. The predicted molar refractivity (Wildman–Crippen MR) is 177 cm³/mol. The van der Waals surface area contributed by atoms with E-state index in [1.807, 2.05) is 23.1 Å². The van der Waals surface area contributed by atoms with Gasteiger partial charge in [-0.3, -0.25) is 4.79 Å². The second-order valence-electron chi connectivity index (χ2n) is 14.9. The number of aliphatic carboxylic acids is 1. The number of benzene rings is 3. The van der Waals surface area contributed by atoms with E-state index in [2.05, 4.69) is 72.2 Å². The van der Waals surface area contributed by atoms with Crippen molar-refractivity contribution in [3.05, 3.63) is 107 Å². The number of hydrogen-bond acceptors (Lipinski definition) is 2. The lowest BCUT2D eigenvalue weighted by atomic mass is 9.48. The molecule has 4 aliphatic carbocycles. The molecule has 5 nitrogen and oxygen atoms in total. The minimum Gasteiger partial charge on any atom is -0.480 e. The van der Waals surface area contributed by atoms with Crippen LogP contribution in [0, 0.1) is 30.1 Å². The highest BCUT2D eigenvalue weighted by Gasteiger charge is 2.54. The lowest BCUT2D eigenvalue weighted by Crippen LogP contribution is -2.54. The number of aromatic nitrogens is 1. The van der Waals surface area contributed by atoms with Gasteiger partial charge >= 0.3 is 5.97 Å². The summed E-state index contributed by atoms with van der Waals surface area (Å²) in [5.74, 6) is 1.44. The van der Waals surface area contributed by atoms with E-state index in [9.17, 15) is 14.7 Å². The average Bonchev–Trinajstić information content (AvgIpc) is 3.32. The summed E-state index contributed by atoms with van der Waals surface area (Å²) in [7, 11) is 0. The Hall–Kier alpha value is -3.86. The third-order valence-corrected chi connectivity index (χ3v) is 11.8. The number of carbonyl (C=O) groups is 2. The van der Waals surface area contributed by atoms with Crippen molar-refractivity contribution in [3.8, 4) is 0 Å². The van der Waals surface area contributed by atoms with Crippen molar-refractivity contribution in [3.63, 3.8) is 0 Å². The fourth-order valence-electron chi connectivity index (χ4n) is 10.5. The highest BCUT2D eigenvalue weighted by atomic mass is 16.4. The summed E-state index contributed by atoms with van der Waals surface area (Å²) in [5, 5.41) is 11.9. The van der Waals surface area contributed by atoms with Crippen LogP contribution in [0.2, 0.25) is 0 Å². The van der Waals surface area contributed by atoms with Crippen molar-refractivity contribution >= 4 is 22.8 Å². The standard InChI is InChI=1S/C40H44N2O3/c1-26-12-14-34-32(16-26)33-20-35(39(44)45)42(37(43)15-13-27-8-4-2-5-9-27)36(38(33)41(34)25-28-10-6-3-7-11-28)24-40-21-29-17-30(22-40)19-31(18-29)23-40/h2-12,14,16,29-31,35-36H,13,15,17-25H2,1H3,(H,44,45)/t29?,30?,31?,35-,36+,40?/m0/s1. The molecule has 4 fully saturated rings. The van der Waals surface area contributed by atoms with Crippen molar-refractivity contribution in [2.24, 2.45) is 23.2 Å². The molecule has 1 aliphatic heterocycles. The van der Waals surface area contributed by atoms with Crippen LogP contribution in [0.4, 0.5) is 0 Å². The summed E-state index contributed by atoms with van der Waals surface area (Å²) in [6.07, 6.45) is 9.92. The van der Waals surface area contributed by atoms with Gasteiger partial charge in [0.05, 0.1) is 6.04 Å². The zero-order chi connectivity index (χ0) is 30.7. The van der Waals surface area contributed by atoms with Crippen LogP contribution in [0.1, 0.15) is 85.4 Å². The summed E-state index contributed by atoms with van der Waals surface area (Å²) < 4.78 is 2.44. The summed E-state index contributed by atoms with van der Waals surface area (Å²) in [4.78, 5) is 29.5. The normalized spacial score (nSPS) is 28.4. The van der Waals surface area contributed by atoms with Gasteiger partial charge in [-0.2, -0.15) is 0 Å². The zero-order valence-corrected chi connectivity index (χ0v) is 26.3. The molecular formula is C40H44N2O3. The van der Waals surface area contributed by atoms with Gasteiger partial charge in [0.15, 0.2) is 0 Å². The van der Waals surface area contributed by atoms with E-state index in [4.69, 9.17) is 0 Å². The Kier molecular flexibility index (Phi) is 7.11. The molecule has 1 N–H and O–H groups in total. The number of aryl methyl sites for hydroxylation is 2. The number of carboxylic acid groups (broad SMARTS) is 1. The monoisotopic (exact) mass is 600 g/mol. The first-order valence-electron chi connectivity index (χ1n) is 17.1. The molecule has 2 heterocycles. The zero-order valence-electron chi connectivity index (χ0n) is 26.3. The van der Waals surface area contributed by atoms with Gasteiger partial charge in [-0.05, 0) is 110 Å². The Bertz CT molecular complexity index is 1700. The van der Waals surface area contributed by atoms with Gasteiger partial charge in [0.1, 0.15) is 6.04 Å². The Morgan fingerprint density at radius 3 is 2.09 bits per heavy atom. The molecule has 5 heteroatoms. The van der Waals surface area contributed by atoms with E-state index < -0.39 is 12.0 Å². The molecule has 0 radical (unpaired) electrons. The highest BCUT2D eigenvalue weighted by Crippen LogP contribution is 2.63. The molecule has 4 saturated carbocycles. The van der Waals surface area contributed by atoms with Crippen molar-refractivity contribution in [1.29, 1.82) is 0 Å². The highest BCUT2D eigenvalue weighted by molar-refractivity contribution is 5.91. The molecule has 2 atom stereocenters. The lowest BCUT2D eigenvalue weighted by molar-refractivity contribution is -0.156. The summed E-state index contributed by atoms with van der Waals surface area (Å²) in [6.45, 7) is 2.82. The molecule has 0 saturated heterocycles. The number of rotatable bonds is 8. The third-order valence-electron chi connectivity index (χ3n) is 11.8. The molecule has 1 amide bonds. The number of fused-ring (bicyclic) bond motifs is 3. The van der Waals surface area contributed by atoms with Gasteiger partial charge in [-0.15, -0.1) is 0 Å². The van der Waals surface area contributed by atoms with Crippen LogP contribution in [0.5, 0.6) is 0 Å². The first-order chi connectivity index (χ1) is 21.9. The van der Waals surface area contributed by atoms with Gasteiger partial charge in [0.2, 0.25) is 5.91 Å². The summed E-state index contributed by atoms with van der Waals surface area (Å²) >= 11 is 0. The molecule has 45 heavy (non-hydrogen) atoms. The maximum Gasteiger partial charge on any atom is 0.326 e. The van der Waals surface area contributed by atoms with Crippen molar-refractivity contribution in [2.75, 3.05) is 0 Å². The number of nitrogens with zero attached hydrogens (tertiary/aromatic N) is 2. The quantitative estimate of drug-likeness (QED) is 0.222. The molecule has 232 valence electrons. The molecule has 3 aromatic carbocycles. The smallest absolute Gasteiger partial charge is 0.326 e. The summed E-state index contributed by atoms with van der Waals surface area (Å²) in [6, 6.07) is 26.2. The summed E-state index contributed by atoms with van der Waals surface area (Å²) in [5.41, 5.74) is 7.15. The van der Waals surface area contributed by atoms with E-state index in [-0.39, 0.29) is 17.4 Å². The van der Waals surface area contributed by atoms with Gasteiger partial charge in [0, 0.05) is 36.0 Å². The maximum atomic E-state index is 14.5. The van der Waals surface area contributed by atoms with Crippen LogP contribution in [-0.4, -0.2) is 32.5 Å². The fourth-order valence-corrected chi connectivity index (χ4v) is 10.5. The van der Waals surface area contributed by atoms with Crippen LogP contribution in [-0.2, 0) is 29.0 Å². The largest absolute Gasteiger partial charge is 0.480 e. The van der Waals surface area contributed by atoms with Gasteiger partial charge in [0.25, 0.3) is 0 Å². The van der Waals surface area contributed by atoms with Gasteiger partial charge in [-0.1, -0.05) is 72.3 Å². The van der Waals surface area contributed by atoms with Crippen LogP contribution < -0.4 is 0 Å². The number of hydrogen-bond donors (Lipinski definition) is 1. The van der Waals surface area contributed by atoms with Gasteiger partial charge in [-0.25, -0.2) is 4.79 Å². The number of carboxylic acids is 1. The molecule has 0 unspecified atom stereocenters. The fraction of sp³-hybridized carbons (Fsp3) is 0.450. The van der Waals surface area contributed by atoms with E-state index in [0.29, 0.717) is 25.8 Å². The minimum absolute atomic E-state index is 0.0284. The first-order valence-corrected chi connectivity index (χ1v) is 17.1. The molecule has 0 spiro atoms. The van der Waals surface area contributed by atoms with E-state index in [0.717, 1.165) is 46.2 Å². The Balaban J connectivity index is 1.28. The molecule has 5 aliphatic rings. The van der Waals surface area contributed by atoms with Crippen molar-refractivity contribution in [1.82, 2.24) is 9.47 Å². The second-order valence-corrected chi connectivity index (χ2v) is 14.9. The van der Waals surface area contributed by atoms with E-state index in [1.54, 1.807) is 0 Å². The van der Waals surface area contributed by atoms with E-state index >= 15 is 0 Å². The second kappa shape index (κ2) is 11.2. The number of amides is 1.